The van der Waals surface area contributed by atoms with Crippen LogP contribution in [0.4, 0.5) is 0 Å². The molecule has 1 heterocycles. The molecule has 1 aliphatic carbocycles. The molecule has 1 fully saturated rings. The second-order valence-electron chi connectivity index (χ2n) is 5.45. The molecule has 0 aromatic carbocycles. The predicted molar refractivity (Wildman–Crippen MR) is 71.8 cm³/mol. The highest BCUT2D eigenvalue weighted by Crippen LogP contribution is 2.39. The fourth-order valence-electron chi connectivity index (χ4n) is 2.83. The Labute approximate surface area is 109 Å². The van der Waals surface area contributed by atoms with E-state index in [1.807, 2.05) is 6.07 Å². The molecular weight excluding hydrogens is 232 g/mol. The van der Waals surface area contributed by atoms with Gasteiger partial charge < -0.3 is 5.73 Å². The minimum atomic E-state index is 0.0560. The Bertz CT molecular complexity index is 380. The van der Waals surface area contributed by atoms with Crippen molar-refractivity contribution in [2.75, 3.05) is 0 Å². The third kappa shape index (κ3) is 2.80. The molecule has 2 rings (SSSR count). The van der Waals surface area contributed by atoms with Gasteiger partial charge in [0.25, 0.3) is 0 Å². The van der Waals surface area contributed by atoms with Crippen LogP contribution >= 0.6 is 11.6 Å². The Morgan fingerprint density at radius 2 is 2.12 bits per heavy atom. The van der Waals surface area contributed by atoms with Gasteiger partial charge in [-0.3, -0.25) is 4.98 Å². The van der Waals surface area contributed by atoms with Crippen molar-refractivity contribution < 1.29 is 0 Å². The molecule has 1 aliphatic rings. The van der Waals surface area contributed by atoms with E-state index < -0.39 is 0 Å². The lowest BCUT2D eigenvalue weighted by Gasteiger charge is -2.35. The highest BCUT2D eigenvalue weighted by atomic mass is 35.5. The summed E-state index contributed by atoms with van der Waals surface area (Å²) in [4.78, 5) is 4.01. The summed E-state index contributed by atoms with van der Waals surface area (Å²) in [6, 6.07) is 2.01. The quantitative estimate of drug-likeness (QED) is 0.869. The molecule has 1 aromatic rings. The van der Waals surface area contributed by atoms with Crippen LogP contribution in [0, 0.1) is 17.8 Å². The monoisotopic (exact) mass is 252 g/mol. The standard InChI is InChI=1S/C14H21ClN2/c1-9-3-4-11(7-10(9)2)14(16)12-5-6-17-8-13(12)15/h5-6,8-11,14H,3-4,7,16H2,1-2H3. The zero-order valence-electron chi connectivity index (χ0n) is 10.6. The van der Waals surface area contributed by atoms with Crippen molar-refractivity contribution in [3.63, 3.8) is 0 Å². The van der Waals surface area contributed by atoms with E-state index in [-0.39, 0.29) is 6.04 Å². The largest absolute Gasteiger partial charge is 0.324 e. The van der Waals surface area contributed by atoms with Crippen LogP contribution in [0.2, 0.25) is 5.02 Å². The number of nitrogens with zero attached hydrogens (tertiary/aromatic N) is 1. The molecule has 1 aromatic heterocycles. The summed E-state index contributed by atoms with van der Waals surface area (Å²) in [5, 5.41) is 0.700. The van der Waals surface area contributed by atoms with Crippen LogP contribution in [0.15, 0.2) is 18.5 Å². The predicted octanol–water partition coefficient (Wildman–Crippen LogP) is 3.81. The average Bonchev–Trinajstić information content (AvgIpc) is 2.32. The van der Waals surface area contributed by atoms with Crippen molar-refractivity contribution in [3.8, 4) is 0 Å². The number of pyridine rings is 1. The Balaban J connectivity index is 2.10. The second kappa shape index (κ2) is 5.36. The summed E-state index contributed by atoms with van der Waals surface area (Å²) in [5.74, 6) is 2.15. The van der Waals surface area contributed by atoms with Gasteiger partial charge >= 0.3 is 0 Å². The fourth-order valence-corrected chi connectivity index (χ4v) is 3.07. The highest BCUT2D eigenvalue weighted by molar-refractivity contribution is 6.31. The van der Waals surface area contributed by atoms with Crippen molar-refractivity contribution in [3.05, 3.63) is 29.0 Å². The summed E-state index contributed by atoms with van der Waals surface area (Å²) in [5.41, 5.74) is 7.42. The lowest BCUT2D eigenvalue weighted by Crippen LogP contribution is -2.29. The molecule has 0 aliphatic heterocycles. The summed E-state index contributed by atoms with van der Waals surface area (Å²) >= 11 is 6.16. The number of hydrogen-bond donors (Lipinski definition) is 1. The third-order valence-electron chi connectivity index (χ3n) is 4.31. The molecule has 0 bridgehead atoms. The minimum absolute atomic E-state index is 0.0560. The summed E-state index contributed by atoms with van der Waals surface area (Å²) < 4.78 is 0. The van der Waals surface area contributed by atoms with E-state index in [4.69, 9.17) is 17.3 Å². The van der Waals surface area contributed by atoms with E-state index in [1.165, 1.54) is 19.3 Å². The van der Waals surface area contributed by atoms with Crippen LogP contribution in [0.3, 0.4) is 0 Å². The van der Waals surface area contributed by atoms with Gasteiger partial charge in [0, 0.05) is 18.4 Å². The molecule has 0 amide bonds. The van der Waals surface area contributed by atoms with Crippen molar-refractivity contribution >= 4 is 11.6 Å². The zero-order valence-corrected chi connectivity index (χ0v) is 11.3. The molecule has 2 N–H and O–H groups in total. The van der Waals surface area contributed by atoms with E-state index in [9.17, 15) is 0 Å². The van der Waals surface area contributed by atoms with Crippen molar-refractivity contribution in [2.45, 2.75) is 39.2 Å². The lowest BCUT2D eigenvalue weighted by atomic mass is 9.72. The van der Waals surface area contributed by atoms with Crippen molar-refractivity contribution in [2.24, 2.45) is 23.5 Å². The molecular formula is C14H21ClN2. The van der Waals surface area contributed by atoms with Gasteiger partial charge in [0.05, 0.1) is 5.02 Å². The topological polar surface area (TPSA) is 38.9 Å². The molecule has 1 saturated carbocycles. The highest BCUT2D eigenvalue weighted by Gasteiger charge is 2.29. The Morgan fingerprint density at radius 3 is 2.76 bits per heavy atom. The van der Waals surface area contributed by atoms with Gasteiger partial charge in [0.15, 0.2) is 0 Å². The first-order chi connectivity index (χ1) is 8.09. The van der Waals surface area contributed by atoms with Gasteiger partial charge in [-0.05, 0) is 42.2 Å². The zero-order chi connectivity index (χ0) is 12.4. The molecule has 3 heteroatoms. The molecule has 0 saturated heterocycles. The first-order valence-electron chi connectivity index (χ1n) is 6.44. The Morgan fingerprint density at radius 1 is 1.35 bits per heavy atom. The van der Waals surface area contributed by atoms with Gasteiger partial charge in [-0.1, -0.05) is 31.9 Å². The first-order valence-corrected chi connectivity index (χ1v) is 6.82. The van der Waals surface area contributed by atoms with Crippen molar-refractivity contribution in [1.29, 1.82) is 0 Å². The normalized spacial score (nSPS) is 31.2. The summed E-state index contributed by atoms with van der Waals surface area (Å²) in [6.07, 6.45) is 7.16. The van der Waals surface area contributed by atoms with E-state index in [0.29, 0.717) is 10.9 Å². The second-order valence-corrected chi connectivity index (χ2v) is 5.86. The summed E-state index contributed by atoms with van der Waals surface area (Å²) in [6.45, 7) is 4.67. The lowest BCUT2D eigenvalue weighted by molar-refractivity contribution is 0.186. The Hall–Kier alpha value is -0.600. The van der Waals surface area contributed by atoms with Crippen LogP contribution in [-0.2, 0) is 0 Å². The van der Waals surface area contributed by atoms with Crippen LogP contribution in [0.25, 0.3) is 0 Å². The molecule has 4 unspecified atom stereocenters. The van der Waals surface area contributed by atoms with Crippen LogP contribution in [-0.4, -0.2) is 4.98 Å². The smallest absolute Gasteiger partial charge is 0.0637 e. The van der Waals surface area contributed by atoms with Gasteiger partial charge in [-0.2, -0.15) is 0 Å². The third-order valence-corrected chi connectivity index (χ3v) is 4.63. The maximum Gasteiger partial charge on any atom is 0.0637 e. The molecule has 94 valence electrons. The fraction of sp³-hybridized carbons (Fsp3) is 0.643. The van der Waals surface area contributed by atoms with E-state index in [1.54, 1.807) is 12.4 Å². The van der Waals surface area contributed by atoms with Gasteiger partial charge in [0.2, 0.25) is 0 Å². The molecule has 17 heavy (non-hydrogen) atoms. The van der Waals surface area contributed by atoms with Gasteiger partial charge in [-0.15, -0.1) is 0 Å². The molecule has 4 atom stereocenters. The minimum Gasteiger partial charge on any atom is -0.324 e. The van der Waals surface area contributed by atoms with E-state index in [2.05, 4.69) is 18.8 Å². The van der Waals surface area contributed by atoms with E-state index >= 15 is 0 Å². The molecule has 0 radical (unpaired) electrons. The first kappa shape index (κ1) is 12.8. The van der Waals surface area contributed by atoms with Crippen LogP contribution < -0.4 is 5.73 Å². The number of halogens is 1. The Kier molecular flexibility index (Phi) is 4.05. The molecule has 2 nitrogen and oxygen atoms in total. The number of aromatic nitrogens is 1. The molecule has 0 spiro atoms. The average molecular weight is 253 g/mol. The van der Waals surface area contributed by atoms with Crippen molar-refractivity contribution in [1.82, 2.24) is 4.98 Å². The summed E-state index contributed by atoms with van der Waals surface area (Å²) in [7, 11) is 0. The van der Waals surface area contributed by atoms with E-state index in [0.717, 1.165) is 17.4 Å². The van der Waals surface area contributed by atoms with Crippen LogP contribution in [0.5, 0.6) is 0 Å². The number of hydrogen-bond acceptors (Lipinski definition) is 2. The maximum atomic E-state index is 6.37. The maximum absolute atomic E-state index is 6.37. The van der Waals surface area contributed by atoms with Gasteiger partial charge in [0.1, 0.15) is 0 Å². The van der Waals surface area contributed by atoms with Gasteiger partial charge in [-0.25, -0.2) is 0 Å². The SMILES string of the molecule is CC1CCC(C(N)c2ccncc2Cl)CC1C. The van der Waals surface area contributed by atoms with Crippen LogP contribution in [0.1, 0.15) is 44.7 Å². The number of nitrogens with two attached hydrogens (primary N) is 1. The number of rotatable bonds is 2.